The molecule has 2 aromatic rings. The number of rotatable bonds is 3. The van der Waals surface area contributed by atoms with Crippen LogP contribution in [0.25, 0.3) is 0 Å². The number of sulfonamides is 1. The average Bonchev–Trinajstić information content (AvgIpc) is 2.39. The highest BCUT2D eigenvalue weighted by atomic mass is 79.9. The number of phenolic OH excluding ortho intramolecular Hbond substituents is 1. The lowest BCUT2D eigenvalue weighted by atomic mass is 10.1. The smallest absolute Gasteiger partial charge is 0.261 e. The first kappa shape index (κ1) is 14.9. The van der Waals surface area contributed by atoms with Crippen LogP contribution in [-0.4, -0.2) is 13.5 Å². The molecule has 106 valence electrons. The molecule has 0 fully saturated rings. The van der Waals surface area contributed by atoms with E-state index < -0.39 is 10.0 Å². The fourth-order valence-corrected chi connectivity index (χ4v) is 3.50. The Morgan fingerprint density at radius 3 is 2.50 bits per heavy atom. The van der Waals surface area contributed by atoms with E-state index in [0.29, 0.717) is 21.3 Å². The Balaban J connectivity index is 2.41. The molecule has 0 heterocycles. The van der Waals surface area contributed by atoms with E-state index in [9.17, 15) is 13.5 Å². The number of hydrogen-bond acceptors (Lipinski definition) is 3. The Bertz CT molecular complexity index is 757. The third kappa shape index (κ3) is 2.96. The first-order valence-electron chi connectivity index (χ1n) is 5.89. The molecular weight excluding hydrogens is 342 g/mol. The number of anilines is 1. The van der Waals surface area contributed by atoms with E-state index in [0.717, 1.165) is 0 Å². The van der Waals surface area contributed by atoms with Gasteiger partial charge in [-0.1, -0.05) is 28.1 Å². The maximum atomic E-state index is 12.3. The summed E-state index contributed by atoms with van der Waals surface area (Å²) in [7, 11) is -3.68. The lowest BCUT2D eigenvalue weighted by Crippen LogP contribution is -2.13. The van der Waals surface area contributed by atoms with Crippen LogP contribution in [0.1, 0.15) is 11.1 Å². The molecule has 0 spiro atoms. The highest BCUT2D eigenvalue weighted by Gasteiger charge is 2.16. The zero-order chi connectivity index (χ0) is 14.9. The second-order valence-electron chi connectivity index (χ2n) is 4.47. The summed E-state index contributed by atoms with van der Waals surface area (Å²) in [5, 5.41) is 9.86. The normalized spacial score (nSPS) is 11.3. The second-order valence-corrected chi connectivity index (χ2v) is 7.06. The zero-order valence-electron chi connectivity index (χ0n) is 11.0. The molecule has 0 radical (unpaired) electrons. The quantitative estimate of drug-likeness (QED) is 0.884. The van der Waals surface area contributed by atoms with Gasteiger partial charge in [0.2, 0.25) is 0 Å². The van der Waals surface area contributed by atoms with Crippen molar-refractivity contribution >= 4 is 31.6 Å². The molecule has 2 aromatic carbocycles. The summed E-state index contributed by atoms with van der Waals surface area (Å²) in [4.78, 5) is 0.159. The molecule has 0 bridgehead atoms. The minimum absolute atomic E-state index is 0.0967. The maximum Gasteiger partial charge on any atom is 0.261 e. The van der Waals surface area contributed by atoms with Crippen LogP contribution in [0.2, 0.25) is 0 Å². The van der Waals surface area contributed by atoms with Crippen LogP contribution in [0.4, 0.5) is 5.69 Å². The van der Waals surface area contributed by atoms with Crippen LogP contribution in [0.5, 0.6) is 5.75 Å². The van der Waals surface area contributed by atoms with Gasteiger partial charge in [0.05, 0.1) is 10.6 Å². The molecule has 0 unspecified atom stereocenters. The van der Waals surface area contributed by atoms with Gasteiger partial charge in [0.25, 0.3) is 10.0 Å². The van der Waals surface area contributed by atoms with E-state index in [-0.39, 0.29) is 10.6 Å². The Labute approximate surface area is 126 Å². The van der Waals surface area contributed by atoms with Crippen molar-refractivity contribution < 1.29 is 13.5 Å². The van der Waals surface area contributed by atoms with Crippen molar-refractivity contribution in [1.82, 2.24) is 0 Å². The van der Waals surface area contributed by atoms with Crippen molar-refractivity contribution in [2.24, 2.45) is 0 Å². The van der Waals surface area contributed by atoms with Gasteiger partial charge in [-0.2, -0.15) is 0 Å². The Morgan fingerprint density at radius 1 is 1.15 bits per heavy atom. The van der Waals surface area contributed by atoms with Gasteiger partial charge < -0.3 is 5.11 Å². The molecule has 0 saturated heterocycles. The number of hydrogen-bond donors (Lipinski definition) is 2. The summed E-state index contributed by atoms with van der Waals surface area (Å²) in [6, 6.07) is 9.74. The lowest BCUT2D eigenvalue weighted by Gasteiger charge is -2.13. The number of halogens is 1. The van der Waals surface area contributed by atoms with Crippen LogP contribution < -0.4 is 4.72 Å². The number of aromatic hydroxyl groups is 1. The standard InChI is InChI=1S/C14H14BrNO3S/c1-9-6-7-13(10(2)14(9)17)16-20(18,19)12-5-3-4-11(15)8-12/h3-8,16-17H,1-2H3. The molecule has 0 amide bonds. The minimum Gasteiger partial charge on any atom is -0.507 e. The third-order valence-electron chi connectivity index (χ3n) is 2.98. The fourth-order valence-electron chi connectivity index (χ4n) is 1.78. The largest absolute Gasteiger partial charge is 0.507 e. The molecule has 0 aromatic heterocycles. The van der Waals surface area contributed by atoms with E-state index in [1.54, 1.807) is 38.1 Å². The number of nitrogens with one attached hydrogen (secondary N) is 1. The molecular formula is C14H14BrNO3S. The Hall–Kier alpha value is -1.53. The van der Waals surface area contributed by atoms with Crippen molar-refractivity contribution in [2.75, 3.05) is 4.72 Å². The summed E-state index contributed by atoms with van der Waals surface area (Å²) < 4.78 is 27.8. The zero-order valence-corrected chi connectivity index (χ0v) is 13.4. The average molecular weight is 356 g/mol. The first-order chi connectivity index (χ1) is 9.31. The van der Waals surface area contributed by atoms with Gasteiger partial charge in [-0.25, -0.2) is 8.42 Å². The Morgan fingerprint density at radius 2 is 1.85 bits per heavy atom. The molecule has 0 aliphatic heterocycles. The summed E-state index contributed by atoms with van der Waals surface area (Å²) in [6.45, 7) is 3.43. The van der Waals surface area contributed by atoms with Gasteiger partial charge in [0.15, 0.2) is 0 Å². The number of phenols is 1. The summed E-state index contributed by atoms with van der Waals surface area (Å²) >= 11 is 3.24. The van der Waals surface area contributed by atoms with Crippen molar-refractivity contribution in [2.45, 2.75) is 18.7 Å². The van der Waals surface area contributed by atoms with Crippen molar-refractivity contribution in [3.05, 3.63) is 52.0 Å². The Kier molecular flexibility index (Phi) is 4.06. The molecule has 4 nitrogen and oxygen atoms in total. The van der Waals surface area contributed by atoms with Crippen LogP contribution in [0.15, 0.2) is 45.8 Å². The molecule has 0 atom stereocenters. The highest BCUT2D eigenvalue weighted by molar-refractivity contribution is 9.10. The monoisotopic (exact) mass is 355 g/mol. The van der Waals surface area contributed by atoms with Crippen LogP contribution in [0, 0.1) is 13.8 Å². The predicted octanol–water partition coefficient (Wildman–Crippen LogP) is 3.57. The maximum absolute atomic E-state index is 12.3. The fraction of sp³-hybridized carbons (Fsp3) is 0.143. The van der Waals surface area contributed by atoms with E-state index >= 15 is 0 Å². The molecule has 2 N–H and O–H groups in total. The highest BCUT2D eigenvalue weighted by Crippen LogP contribution is 2.29. The summed E-state index contributed by atoms with van der Waals surface area (Å²) in [6.07, 6.45) is 0. The molecule has 0 aliphatic rings. The van der Waals surface area contributed by atoms with Crippen molar-refractivity contribution in [3.8, 4) is 5.75 Å². The van der Waals surface area contributed by atoms with Crippen LogP contribution >= 0.6 is 15.9 Å². The van der Waals surface area contributed by atoms with Crippen LogP contribution in [0.3, 0.4) is 0 Å². The van der Waals surface area contributed by atoms with E-state index in [2.05, 4.69) is 20.7 Å². The van der Waals surface area contributed by atoms with Gasteiger partial charge in [-0.3, -0.25) is 4.72 Å². The van der Waals surface area contributed by atoms with Crippen LogP contribution in [-0.2, 0) is 10.0 Å². The second kappa shape index (κ2) is 5.46. The molecule has 2 rings (SSSR count). The number of benzene rings is 2. The predicted molar refractivity (Wildman–Crippen MR) is 82.5 cm³/mol. The van der Waals surface area contributed by atoms with Gasteiger partial charge in [0.1, 0.15) is 5.75 Å². The first-order valence-corrected chi connectivity index (χ1v) is 8.16. The molecule has 6 heteroatoms. The third-order valence-corrected chi connectivity index (χ3v) is 4.84. The van der Waals surface area contributed by atoms with E-state index in [4.69, 9.17) is 0 Å². The van der Waals surface area contributed by atoms with Gasteiger partial charge in [-0.05, 0) is 43.7 Å². The summed E-state index contributed by atoms with van der Waals surface area (Å²) in [5.74, 6) is 0.0967. The van der Waals surface area contributed by atoms with Gasteiger partial charge in [-0.15, -0.1) is 0 Å². The lowest BCUT2D eigenvalue weighted by molar-refractivity contribution is 0.467. The van der Waals surface area contributed by atoms with Crippen molar-refractivity contribution in [1.29, 1.82) is 0 Å². The van der Waals surface area contributed by atoms with Gasteiger partial charge in [0, 0.05) is 10.0 Å². The van der Waals surface area contributed by atoms with E-state index in [1.165, 1.54) is 12.1 Å². The molecule has 0 saturated carbocycles. The van der Waals surface area contributed by atoms with E-state index in [1.807, 2.05) is 0 Å². The number of aryl methyl sites for hydroxylation is 1. The van der Waals surface area contributed by atoms with Gasteiger partial charge >= 0.3 is 0 Å². The summed E-state index contributed by atoms with van der Waals surface area (Å²) in [5.41, 5.74) is 1.57. The topological polar surface area (TPSA) is 66.4 Å². The minimum atomic E-state index is -3.68. The van der Waals surface area contributed by atoms with Crippen molar-refractivity contribution in [3.63, 3.8) is 0 Å². The molecule has 20 heavy (non-hydrogen) atoms. The molecule has 0 aliphatic carbocycles. The SMILES string of the molecule is Cc1ccc(NS(=O)(=O)c2cccc(Br)c2)c(C)c1O.